The lowest BCUT2D eigenvalue weighted by molar-refractivity contribution is 1.09. The molecule has 6 aromatic carbocycles. The predicted octanol–water partition coefficient (Wildman–Crippen LogP) is 13.4. The van der Waals surface area contributed by atoms with E-state index in [0.29, 0.717) is 0 Å². The van der Waals surface area contributed by atoms with Gasteiger partial charge in [0.15, 0.2) is 0 Å². The first-order valence-electron chi connectivity index (χ1n) is 15.2. The molecule has 0 saturated heterocycles. The average molecular weight is 529 g/mol. The van der Waals surface area contributed by atoms with Crippen LogP contribution in [0, 0.1) is 0 Å². The maximum Gasteiger partial charge on any atom is -0.00389 e. The summed E-state index contributed by atoms with van der Waals surface area (Å²) in [6.07, 6.45) is 6.86. The summed E-state index contributed by atoms with van der Waals surface area (Å²) in [6, 6.07) is 39.0. The molecule has 0 aliphatic heterocycles. The average Bonchev–Trinajstić information content (AvgIpc) is 3.44. The van der Waals surface area contributed by atoms with Crippen molar-refractivity contribution in [2.45, 2.75) is 68.2 Å². The zero-order valence-electron chi connectivity index (χ0n) is 26.0. The Labute approximate surface area is 243 Å². The van der Waals surface area contributed by atoms with Gasteiger partial charge in [0.05, 0.1) is 0 Å². The van der Waals surface area contributed by atoms with E-state index in [-0.39, 0.29) is 0 Å². The summed E-state index contributed by atoms with van der Waals surface area (Å²) in [5.41, 5.74) is 2.70. The van der Waals surface area contributed by atoms with Crippen molar-refractivity contribution in [2.24, 2.45) is 0 Å². The zero-order chi connectivity index (χ0) is 29.3. The maximum absolute atomic E-state index is 2.30. The largest absolute Gasteiger partial charge is 0.0683 e. The molecule has 0 heteroatoms. The highest BCUT2D eigenvalue weighted by Crippen LogP contribution is 2.31. The van der Waals surface area contributed by atoms with Gasteiger partial charge in [0.2, 0.25) is 0 Å². The summed E-state index contributed by atoms with van der Waals surface area (Å²) in [5.74, 6) is 0. The van der Waals surface area contributed by atoms with Gasteiger partial charge in [-0.25, -0.2) is 0 Å². The highest BCUT2D eigenvalue weighted by atomic mass is 14.1. The van der Waals surface area contributed by atoms with E-state index in [1.165, 1.54) is 67.1 Å². The van der Waals surface area contributed by atoms with Crippen LogP contribution in [-0.2, 0) is 0 Å². The molecule has 1 aliphatic carbocycles. The second-order valence-corrected chi connectivity index (χ2v) is 9.25. The smallest absolute Gasteiger partial charge is 0.00389 e. The van der Waals surface area contributed by atoms with Crippen molar-refractivity contribution < 1.29 is 0 Å². The van der Waals surface area contributed by atoms with Gasteiger partial charge in [0.25, 0.3) is 0 Å². The Kier molecular flexibility index (Phi) is 14.3. The molecule has 1 aliphatic rings. The van der Waals surface area contributed by atoms with Crippen LogP contribution >= 0.6 is 0 Å². The quantitative estimate of drug-likeness (QED) is 0.136. The molecule has 0 amide bonds. The van der Waals surface area contributed by atoms with Gasteiger partial charge in [-0.05, 0) is 66.3 Å². The summed E-state index contributed by atoms with van der Waals surface area (Å²) in [5, 5.41) is 10.6. The fourth-order valence-electron chi connectivity index (χ4n) is 4.55. The Hall–Kier alpha value is -3.90. The first-order chi connectivity index (χ1) is 19.7. The van der Waals surface area contributed by atoms with E-state index in [4.69, 9.17) is 0 Å². The molecule has 0 saturated carbocycles. The monoisotopic (exact) mass is 528 g/mol. The van der Waals surface area contributed by atoms with Crippen LogP contribution in [0.1, 0.15) is 79.4 Å². The molecular weight excluding hydrogens is 480 g/mol. The molecule has 0 radical (unpaired) electrons. The molecule has 0 bridgehead atoms. The molecule has 0 atom stereocenters. The van der Waals surface area contributed by atoms with Gasteiger partial charge in [-0.2, -0.15) is 0 Å². The molecule has 208 valence electrons. The molecular formula is C40H48. The van der Waals surface area contributed by atoms with Crippen LogP contribution in [0.2, 0.25) is 0 Å². The summed E-state index contributed by atoms with van der Waals surface area (Å²) in [7, 11) is 0. The number of benzene rings is 6. The number of fused-ring (bicyclic) bond motifs is 4. The van der Waals surface area contributed by atoms with Gasteiger partial charge in [-0.1, -0.05) is 177 Å². The van der Waals surface area contributed by atoms with Crippen LogP contribution in [0.15, 0.2) is 109 Å². The Morgan fingerprint density at radius 1 is 0.375 bits per heavy atom. The Balaban J connectivity index is 0.000000221. The van der Waals surface area contributed by atoms with Crippen LogP contribution in [-0.4, -0.2) is 0 Å². The highest BCUT2D eigenvalue weighted by molar-refractivity contribution is 6.12. The van der Waals surface area contributed by atoms with Crippen molar-refractivity contribution in [3.8, 4) is 0 Å². The first kappa shape index (κ1) is 32.3. The summed E-state index contributed by atoms with van der Waals surface area (Å²) in [4.78, 5) is 0. The third kappa shape index (κ3) is 8.06. The van der Waals surface area contributed by atoms with Crippen LogP contribution in [0.5, 0.6) is 0 Å². The molecule has 0 aromatic heterocycles. The zero-order valence-corrected chi connectivity index (χ0v) is 26.0. The van der Waals surface area contributed by atoms with Crippen LogP contribution in [0.3, 0.4) is 0 Å². The van der Waals surface area contributed by atoms with Crippen LogP contribution in [0.25, 0.3) is 55.2 Å². The van der Waals surface area contributed by atoms with Crippen LogP contribution < -0.4 is 0 Å². The van der Waals surface area contributed by atoms with Crippen molar-refractivity contribution >= 4 is 55.2 Å². The van der Waals surface area contributed by atoms with E-state index in [1.807, 2.05) is 27.7 Å². The lowest BCUT2D eigenvalue weighted by atomic mass is 9.98. The molecule has 0 nitrogen and oxygen atoms in total. The molecule has 0 unspecified atom stereocenters. The van der Waals surface area contributed by atoms with Crippen molar-refractivity contribution in [1.82, 2.24) is 0 Å². The molecule has 0 fully saturated rings. The Morgan fingerprint density at radius 2 is 0.800 bits per heavy atom. The lowest BCUT2D eigenvalue weighted by Crippen LogP contribution is -1.79. The van der Waals surface area contributed by atoms with E-state index in [9.17, 15) is 0 Å². The van der Waals surface area contributed by atoms with E-state index >= 15 is 0 Å². The van der Waals surface area contributed by atoms with Gasteiger partial charge in [-0.15, -0.1) is 0 Å². The fourth-order valence-corrected chi connectivity index (χ4v) is 4.55. The van der Waals surface area contributed by atoms with Crippen LogP contribution in [0.4, 0.5) is 0 Å². The molecule has 0 spiro atoms. The minimum absolute atomic E-state index is 1.25. The predicted molar refractivity (Wildman–Crippen MR) is 186 cm³/mol. The second kappa shape index (κ2) is 17.6. The van der Waals surface area contributed by atoms with Gasteiger partial charge >= 0.3 is 0 Å². The Morgan fingerprint density at radius 3 is 1.35 bits per heavy atom. The Bertz CT molecular complexity index is 1570. The van der Waals surface area contributed by atoms with E-state index in [2.05, 4.69) is 149 Å². The van der Waals surface area contributed by atoms with Crippen molar-refractivity contribution in [1.29, 1.82) is 0 Å². The number of rotatable bonds is 0. The number of hydrogen-bond acceptors (Lipinski definition) is 0. The number of hydrogen-bond donors (Lipinski definition) is 0. The second-order valence-electron chi connectivity index (χ2n) is 9.25. The minimum atomic E-state index is 1.25. The SMILES string of the molecule is C1=Cc2cccc3cccc1c23.CC.CC.CCC.CCC.c1ccc2cc3c(ccc4ccccc43)cc2c1. The summed E-state index contributed by atoms with van der Waals surface area (Å²) < 4.78 is 0. The van der Waals surface area contributed by atoms with Crippen molar-refractivity contribution in [3.63, 3.8) is 0 Å². The van der Waals surface area contributed by atoms with E-state index < -0.39 is 0 Å². The van der Waals surface area contributed by atoms with E-state index in [1.54, 1.807) is 0 Å². The normalized spacial score (nSPS) is 10.1. The molecule has 40 heavy (non-hydrogen) atoms. The summed E-state index contributed by atoms with van der Waals surface area (Å²) in [6.45, 7) is 16.5. The molecule has 0 heterocycles. The molecule has 0 N–H and O–H groups in total. The van der Waals surface area contributed by atoms with Gasteiger partial charge in [-0.3, -0.25) is 0 Å². The first-order valence-corrected chi connectivity index (χ1v) is 15.2. The fraction of sp³-hybridized carbons (Fsp3) is 0.250. The standard InChI is InChI=1S/C18H12.C12H8.2C3H8.2C2H6/c1-2-7-15-12-18-16(11-14(15)6-1)10-9-13-5-3-4-8-17(13)18;1-3-9-4-2-6-11-8-7-10(5-1)12(9)11;2*1-3-2;2*1-2/h1-12H;1-8H;2*3H2,1-2H3;2*1-2H3. The molecule has 6 aromatic rings. The van der Waals surface area contributed by atoms with Gasteiger partial charge in [0.1, 0.15) is 0 Å². The minimum Gasteiger partial charge on any atom is -0.0683 e. The lowest BCUT2D eigenvalue weighted by Gasteiger charge is -2.06. The van der Waals surface area contributed by atoms with Gasteiger partial charge < -0.3 is 0 Å². The summed E-state index contributed by atoms with van der Waals surface area (Å²) >= 11 is 0. The van der Waals surface area contributed by atoms with Gasteiger partial charge in [0, 0.05) is 0 Å². The van der Waals surface area contributed by atoms with E-state index in [0.717, 1.165) is 0 Å². The highest BCUT2D eigenvalue weighted by Gasteiger charge is 2.06. The third-order valence-corrected chi connectivity index (χ3v) is 6.02. The maximum atomic E-state index is 2.30. The molecule has 7 rings (SSSR count). The van der Waals surface area contributed by atoms with Crippen molar-refractivity contribution in [2.75, 3.05) is 0 Å². The topological polar surface area (TPSA) is 0 Å². The third-order valence-electron chi connectivity index (χ3n) is 6.02. The van der Waals surface area contributed by atoms with Crippen molar-refractivity contribution in [3.05, 3.63) is 120 Å².